The summed E-state index contributed by atoms with van der Waals surface area (Å²) in [7, 11) is 1.23. The lowest BCUT2D eigenvalue weighted by Crippen LogP contribution is -2.22. The van der Waals surface area contributed by atoms with E-state index >= 15 is 0 Å². The third-order valence-electron chi connectivity index (χ3n) is 6.35. The Bertz CT molecular complexity index is 1670. The molecule has 11 heteroatoms. The van der Waals surface area contributed by atoms with Gasteiger partial charge >= 0.3 is 23.9 Å². The molecule has 0 atom stereocenters. The van der Waals surface area contributed by atoms with Gasteiger partial charge in [0.05, 0.1) is 31.1 Å². The fourth-order valence-corrected chi connectivity index (χ4v) is 4.09. The summed E-state index contributed by atoms with van der Waals surface area (Å²) in [6.45, 7) is 0.474. The maximum Gasteiger partial charge on any atom is 0.346 e. The van der Waals surface area contributed by atoms with Crippen molar-refractivity contribution in [3.8, 4) is 11.5 Å². The van der Waals surface area contributed by atoms with Crippen LogP contribution >= 0.6 is 0 Å². The van der Waals surface area contributed by atoms with Crippen LogP contribution in [0.3, 0.4) is 0 Å². The molecular formula is C33H26F2O9. The second-order valence-corrected chi connectivity index (χ2v) is 9.46. The van der Waals surface area contributed by atoms with Crippen LogP contribution in [-0.2, 0) is 45.1 Å². The minimum absolute atomic E-state index is 0.0181. The zero-order valence-corrected chi connectivity index (χ0v) is 23.4. The van der Waals surface area contributed by atoms with Crippen molar-refractivity contribution in [3.05, 3.63) is 130 Å². The fraction of sp³-hybridized carbons (Fsp3) is 0.152. The van der Waals surface area contributed by atoms with Gasteiger partial charge in [0.1, 0.15) is 36.3 Å². The molecule has 1 aliphatic rings. The fourth-order valence-electron chi connectivity index (χ4n) is 4.09. The van der Waals surface area contributed by atoms with Crippen LogP contribution in [0.2, 0.25) is 0 Å². The number of esters is 3. The summed E-state index contributed by atoms with van der Waals surface area (Å²) >= 11 is 0. The van der Waals surface area contributed by atoms with Gasteiger partial charge in [0.15, 0.2) is 0 Å². The number of carboxylic acids is 1. The molecule has 9 nitrogen and oxygen atoms in total. The summed E-state index contributed by atoms with van der Waals surface area (Å²) in [6, 6.07) is 21.1. The molecule has 4 aromatic carbocycles. The molecule has 1 N–H and O–H groups in total. The van der Waals surface area contributed by atoms with Gasteiger partial charge in [0.25, 0.3) is 0 Å². The Kier molecular flexibility index (Phi) is 10.4. The SMILES string of the molecule is COC(=O)Cc1cc(OCc2ccc(F)cc2)ccc1C(=O)O.O=C1Cc2cc(OCc3ccc(F)cc3)ccc2C(=O)O1. The monoisotopic (exact) mass is 604 g/mol. The number of carboxylic acid groups (broad SMARTS) is 1. The van der Waals surface area contributed by atoms with Crippen molar-refractivity contribution in [1.29, 1.82) is 0 Å². The smallest absolute Gasteiger partial charge is 0.346 e. The van der Waals surface area contributed by atoms with E-state index in [4.69, 9.17) is 14.6 Å². The summed E-state index contributed by atoms with van der Waals surface area (Å²) in [5, 5.41) is 9.15. The molecule has 1 aliphatic heterocycles. The lowest BCUT2D eigenvalue weighted by atomic mass is 10.0. The van der Waals surface area contributed by atoms with Crippen molar-refractivity contribution in [1.82, 2.24) is 0 Å². The Hall–Kier alpha value is -5.58. The molecule has 1 heterocycles. The van der Waals surface area contributed by atoms with Gasteiger partial charge in [-0.15, -0.1) is 0 Å². The molecule has 0 aliphatic carbocycles. The number of cyclic esters (lactones) is 2. The van der Waals surface area contributed by atoms with Gasteiger partial charge in [0, 0.05) is 0 Å². The molecule has 44 heavy (non-hydrogen) atoms. The number of aromatic carboxylic acids is 1. The van der Waals surface area contributed by atoms with E-state index in [9.17, 15) is 28.0 Å². The van der Waals surface area contributed by atoms with E-state index in [-0.39, 0.29) is 43.3 Å². The van der Waals surface area contributed by atoms with Crippen molar-refractivity contribution in [2.45, 2.75) is 26.1 Å². The van der Waals surface area contributed by atoms with E-state index in [1.807, 2.05) is 0 Å². The van der Waals surface area contributed by atoms with Gasteiger partial charge in [-0.2, -0.15) is 0 Å². The molecule has 0 unspecified atom stereocenters. The van der Waals surface area contributed by atoms with E-state index in [0.717, 1.165) is 11.1 Å². The third-order valence-corrected chi connectivity index (χ3v) is 6.35. The summed E-state index contributed by atoms with van der Waals surface area (Å²) in [5.41, 5.74) is 2.88. The topological polar surface area (TPSA) is 125 Å². The number of methoxy groups -OCH3 is 1. The minimum Gasteiger partial charge on any atom is -0.489 e. The van der Waals surface area contributed by atoms with Gasteiger partial charge in [-0.05, 0) is 82.9 Å². The summed E-state index contributed by atoms with van der Waals surface area (Å²) in [6.07, 6.45) is -0.110. The average molecular weight is 605 g/mol. The Morgan fingerprint density at radius 2 is 1.34 bits per heavy atom. The summed E-state index contributed by atoms with van der Waals surface area (Å²) in [5.74, 6) is -2.55. The molecule has 0 bridgehead atoms. The molecule has 0 fully saturated rings. The van der Waals surface area contributed by atoms with E-state index in [2.05, 4.69) is 9.47 Å². The highest BCUT2D eigenvalue weighted by molar-refractivity contribution is 6.02. The van der Waals surface area contributed by atoms with Crippen molar-refractivity contribution < 1.29 is 52.0 Å². The number of hydrogen-bond acceptors (Lipinski definition) is 8. The number of benzene rings is 4. The molecule has 0 radical (unpaired) electrons. The zero-order valence-electron chi connectivity index (χ0n) is 23.4. The Morgan fingerprint density at radius 3 is 1.89 bits per heavy atom. The largest absolute Gasteiger partial charge is 0.489 e. The number of hydrogen-bond donors (Lipinski definition) is 1. The number of rotatable bonds is 9. The van der Waals surface area contributed by atoms with Crippen LogP contribution in [0.15, 0.2) is 84.9 Å². The van der Waals surface area contributed by atoms with Crippen molar-refractivity contribution >= 4 is 23.9 Å². The van der Waals surface area contributed by atoms with E-state index < -0.39 is 23.9 Å². The normalized spacial score (nSPS) is 11.8. The first-order valence-electron chi connectivity index (χ1n) is 13.2. The second-order valence-electron chi connectivity index (χ2n) is 9.46. The predicted octanol–water partition coefficient (Wildman–Crippen LogP) is 5.46. The van der Waals surface area contributed by atoms with Crippen LogP contribution < -0.4 is 9.47 Å². The first-order chi connectivity index (χ1) is 21.1. The maximum atomic E-state index is 12.8. The van der Waals surface area contributed by atoms with Gasteiger partial charge < -0.3 is 24.1 Å². The molecule has 0 saturated heterocycles. The predicted molar refractivity (Wildman–Crippen MR) is 151 cm³/mol. The molecule has 226 valence electrons. The third kappa shape index (κ3) is 8.71. The molecule has 4 aromatic rings. The van der Waals surface area contributed by atoms with Crippen LogP contribution in [0.1, 0.15) is 43.0 Å². The number of carbonyl (C=O) groups is 4. The quantitative estimate of drug-likeness (QED) is 0.196. The number of ether oxygens (including phenoxy) is 4. The lowest BCUT2D eigenvalue weighted by Gasteiger charge is -2.15. The summed E-state index contributed by atoms with van der Waals surface area (Å²) in [4.78, 5) is 45.3. The van der Waals surface area contributed by atoms with E-state index in [0.29, 0.717) is 28.2 Å². The van der Waals surface area contributed by atoms with Crippen molar-refractivity contribution in [2.24, 2.45) is 0 Å². The number of fused-ring (bicyclic) bond motifs is 1. The van der Waals surface area contributed by atoms with Crippen LogP contribution in [0.4, 0.5) is 8.78 Å². The first-order valence-corrected chi connectivity index (χ1v) is 13.2. The second kappa shape index (κ2) is 14.5. The highest BCUT2D eigenvalue weighted by Crippen LogP contribution is 2.24. The maximum absolute atomic E-state index is 12.8. The van der Waals surface area contributed by atoms with Crippen LogP contribution in [0.5, 0.6) is 11.5 Å². The molecule has 0 aromatic heterocycles. The van der Waals surface area contributed by atoms with Crippen molar-refractivity contribution in [2.75, 3.05) is 7.11 Å². The molecule has 5 rings (SSSR count). The highest BCUT2D eigenvalue weighted by Gasteiger charge is 2.25. The average Bonchev–Trinajstić information content (AvgIpc) is 3.00. The number of carbonyl (C=O) groups excluding carboxylic acids is 3. The highest BCUT2D eigenvalue weighted by atomic mass is 19.1. The van der Waals surface area contributed by atoms with E-state index in [1.165, 1.54) is 49.6 Å². The van der Waals surface area contributed by atoms with Crippen LogP contribution in [0.25, 0.3) is 0 Å². The Balaban J connectivity index is 0.000000201. The van der Waals surface area contributed by atoms with Gasteiger partial charge in [-0.3, -0.25) is 9.59 Å². The minimum atomic E-state index is -1.13. The molecule has 0 amide bonds. The van der Waals surface area contributed by atoms with Gasteiger partial charge in [-0.1, -0.05) is 24.3 Å². The molecule has 0 saturated carbocycles. The van der Waals surface area contributed by atoms with Crippen LogP contribution in [0, 0.1) is 11.6 Å². The molecule has 0 spiro atoms. The zero-order chi connectivity index (χ0) is 31.6. The lowest BCUT2D eigenvalue weighted by molar-refractivity contribution is -0.140. The van der Waals surface area contributed by atoms with E-state index in [1.54, 1.807) is 42.5 Å². The summed E-state index contributed by atoms with van der Waals surface area (Å²) < 4.78 is 45.9. The standard InChI is InChI=1S/C17H15FO5.C16H11FO4/c1-22-16(19)9-12-8-14(6-7-15(12)17(20)21)23-10-11-2-4-13(18)5-3-11;17-12-3-1-10(2-4-12)9-20-13-5-6-14-11(7-13)8-15(18)21-16(14)19/h2-8H,9-10H2,1H3,(H,20,21);1-7H,8-9H2. The van der Waals surface area contributed by atoms with Gasteiger partial charge in [0.2, 0.25) is 0 Å². The molecular weight excluding hydrogens is 578 g/mol. The number of halogens is 2. The Morgan fingerprint density at radius 1 is 0.795 bits per heavy atom. The van der Waals surface area contributed by atoms with Crippen LogP contribution in [-0.4, -0.2) is 36.1 Å². The Labute approximate surface area is 250 Å². The van der Waals surface area contributed by atoms with Crippen molar-refractivity contribution in [3.63, 3.8) is 0 Å². The van der Waals surface area contributed by atoms with Gasteiger partial charge in [-0.25, -0.2) is 18.4 Å². The first kappa shape index (κ1) is 31.4.